The van der Waals surface area contributed by atoms with Gasteiger partial charge in [-0.05, 0) is 55.1 Å². The smallest absolute Gasteiger partial charge is 0.0540 e. The molecule has 0 bridgehead atoms. The summed E-state index contributed by atoms with van der Waals surface area (Å²) in [5.41, 5.74) is 4.52. The van der Waals surface area contributed by atoms with Gasteiger partial charge in [-0.2, -0.15) is 0 Å². The van der Waals surface area contributed by atoms with Crippen LogP contribution >= 0.6 is 0 Å². The number of benzene rings is 2. The number of aromatic nitrogens is 2. The predicted octanol–water partition coefficient (Wildman–Crippen LogP) is 6.73. The van der Waals surface area contributed by atoms with Crippen LogP contribution in [0, 0.1) is 11.6 Å². The first-order chi connectivity index (χ1) is 14.2. The molecule has 0 amide bonds. The first-order valence-electron chi connectivity index (χ1n) is 10.7. The number of hydrogen-bond acceptors (Lipinski definition) is 1. The van der Waals surface area contributed by atoms with Gasteiger partial charge in [-0.25, -0.2) is 0 Å². The van der Waals surface area contributed by atoms with Crippen molar-refractivity contribution in [2.24, 2.45) is 5.41 Å². The SMILES string of the molecule is CC1(Cc2ccc3c(c[c-]n3-c3ccccn3)c2)CCC(c2ccccc2)CC1.[Ir]. The summed E-state index contributed by atoms with van der Waals surface area (Å²) >= 11 is 0. The standard InChI is InChI=1S/C27H27N2.Ir/c1-27(15-12-23(13-16-27)22-7-3-2-4-8-22)20-21-10-11-25-24(19-21)14-18-29(25)26-9-5-6-17-28-26;/h2-11,14,17,19,23H,12-13,15-16,20H2,1H3;/q-1;. The minimum absolute atomic E-state index is 0. The minimum Gasteiger partial charge on any atom is -0.429 e. The Morgan fingerprint density at radius 2 is 1.77 bits per heavy atom. The summed E-state index contributed by atoms with van der Waals surface area (Å²) in [5, 5.41) is 1.25. The molecule has 0 unspecified atom stereocenters. The molecule has 4 aromatic rings. The summed E-state index contributed by atoms with van der Waals surface area (Å²) in [7, 11) is 0. The zero-order valence-corrected chi connectivity index (χ0v) is 19.7. The number of fused-ring (bicyclic) bond motifs is 1. The molecule has 2 aromatic heterocycles. The zero-order chi connectivity index (χ0) is 19.7. The van der Waals surface area contributed by atoms with E-state index >= 15 is 0 Å². The number of pyridine rings is 1. The fraction of sp³-hybridized carbons (Fsp3) is 0.296. The second kappa shape index (κ2) is 8.88. The topological polar surface area (TPSA) is 17.8 Å². The van der Waals surface area contributed by atoms with Crippen molar-refractivity contribution in [2.45, 2.75) is 44.9 Å². The van der Waals surface area contributed by atoms with Gasteiger partial charge in [0.15, 0.2) is 0 Å². The van der Waals surface area contributed by atoms with Crippen LogP contribution in [0.1, 0.15) is 49.7 Å². The van der Waals surface area contributed by atoms with E-state index in [1.165, 1.54) is 47.7 Å². The van der Waals surface area contributed by atoms with Crippen LogP contribution in [0.5, 0.6) is 0 Å². The van der Waals surface area contributed by atoms with E-state index < -0.39 is 0 Å². The second-order valence-electron chi connectivity index (χ2n) is 8.86. The van der Waals surface area contributed by atoms with Gasteiger partial charge in [0.2, 0.25) is 0 Å². The predicted molar refractivity (Wildman–Crippen MR) is 119 cm³/mol. The van der Waals surface area contributed by atoms with Crippen LogP contribution in [0.15, 0.2) is 79.0 Å². The van der Waals surface area contributed by atoms with E-state index in [4.69, 9.17) is 0 Å². The van der Waals surface area contributed by atoms with E-state index in [9.17, 15) is 0 Å². The number of rotatable bonds is 4. The molecular weight excluding hydrogens is 545 g/mol. The van der Waals surface area contributed by atoms with Crippen molar-refractivity contribution in [1.29, 1.82) is 0 Å². The van der Waals surface area contributed by atoms with Crippen molar-refractivity contribution < 1.29 is 20.1 Å². The minimum atomic E-state index is 0. The van der Waals surface area contributed by atoms with Crippen molar-refractivity contribution in [2.75, 3.05) is 0 Å². The van der Waals surface area contributed by atoms with Crippen molar-refractivity contribution >= 4 is 10.9 Å². The summed E-state index contributed by atoms with van der Waals surface area (Å²) in [5.74, 6) is 1.65. The van der Waals surface area contributed by atoms with E-state index in [2.05, 4.69) is 72.7 Å². The van der Waals surface area contributed by atoms with Crippen LogP contribution < -0.4 is 0 Å². The molecular formula is C27H27IrN2-. The molecule has 2 aromatic carbocycles. The van der Waals surface area contributed by atoms with Crippen LogP contribution in [0.4, 0.5) is 0 Å². The molecule has 155 valence electrons. The molecule has 2 nitrogen and oxygen atoms in total. The van der Waals surface area contributed by atoms with E-state index in [-0.39, 0.29) is 20.1 Å². The number of hydrogen-bond donors (Lipinski definition) is 0. The fourth-order valence-corrected chi connectivity index (χ4v) is 4.96. The third-order valence-corrected chi connectivity index (χ3v) is 6.65. The molecule has 1 saturated carbocycles. The molecule has 3 heteroatoms. The fourth-order valence-electron chi connectivity index (χ4n) is 4.96. The third kappa shape index (κ3) is 4.28. The Labute approximate surface area is 192 Å². The van der Waals surface area contributed by atoms with Gasteiger partial charge in [0.25, 0.3) is 0 Å². The van der Waals surface area contributed by atoms with Crippen molar-refractivity contribution in [3.8, 4) is 5.82 Å². The second-order valence-corrected chi connectivity index (χ2v) is 8.86. The average molecular weight is 572 g/mol. The quantitative estimate of drug-likeness (QED) is 0.249. The van der Waals surface area contributed by atoms with Crippen LogP contribution in [0.2, 0.25) is 0 Å². The molecule has 30 heavy (non-hydrogen) atoms. The van der Waals surface area contributed by atoms with E-state index in [1.54, 1.807) is 0 Å². The summed E-state index contributed by atoms with van der Waals surface area (Å²) in [6.07, 6.45) is 11.5. The Hall–Kier alpha value is -2.22. The van der Waals surface area contributed by atoms with Crippen LogP contribution in [0.25, 0.3) is 16.7 Å². The van der Waals surface area contributed by atoms with E-state index in [1.807, 2.05) is 29.0 Å². The monoisotopic (exact) mass is 572 g/mol. The Morgan fingerprint density at radius 1 is 1.00 bits per heavy atom. The molecule has 1 aliphatic carbocycles. The van der Waals surface area contributed by atoms with Gasteiger partial charge in [-0.1, -0.05) is 78.8 Å². The summed E-state index contributed by atoms with van der Waals surface area (Å²) < 4.78 is 2.05. The van der Waals surface area contributed by atoms with Gasteiger partial charge < -0.3 is 4.57 Å². The summed E-state index contributed by atoms with van der Waals surface area (Å²) in [6, 6.07) is 26.0. The van der Waals surface area contributed by atoms with Crippen molar-refractivity contribution in [3.63, 3.8) is 0 Å². The van der Waals surface area contributed by atoms with Crippen LogP contribution in [-0.4, -0.2) is 9.55 Å². The van der Waals surface area contributed by atoms with Gasteiger partial charge in [0.05, 0.1) is 5.82 Å². The molecule has 2 heterocycles. The summed E-state index contributed by atoms with van der Waals surface area (Å²) in [4.78, 5) is 4.46. The first kappa shape index (κ1) is 21.0. The Bertz CT molecular complexity index is 1090. The Balaban J connectivity index is 0.00000218. The Kier molecular flexibility index (Phi) is 6.22. The molecule has 1 fully saturated rings. The van der Waals surface area contributed by atoms with Gasteiger partial charge >= 0.3 is 0 Å². The van der Waals surface area contributed by atoms with Gasteiger partial charge in [-0.15, -0.1) is 17.5 Å². The molecule has 1 radical (unpaired) electrons. The van der Waals surface area contributed by atoms with Crippen molar-refractivity contribution in [1.82, 2.24) is 9.55 Å². The van der Waals surface area contributed by atoms with Gasteiger partial charge in [0, 0.05) is 26.3 Å². The van der Waals surface area contributed by atoms with E-state index in [0.29, 0.717) is 5.41 Å². The summed E-state index contributed by atoms with van der Waals surface area (Å²) in [6.45, 7) is 2.48. The molecule has 0 aliphatic heterocycles. The van der Waals surface area contributed by atoms with E-state index in [0.717, 1.165) is 18.2 Å². The van der Waals surface area contributed by atoms with Crippen LogP contribution in [0.3, 0.4) is 0 Å². The zero-order valence-electron chi connectivity index (χ0n) is 17.3. The van der Waals surface area contributed by atoms with Crippen molar-refractivity contribution in [3.05, 3.63) is 96.3 Å². The molecule has 0 spiro atoms. The van der Waals surface area contributed by atoms with Crippen LogP contribution in [-0.2, 0) is 26.5 Å². The molecule has 0 N–H and O–H groups in total. The maximum absolute atomic E-state index is 4.46. The molecule has 0 atom stereocenters. The molecule has 5 rings (SSSR count). The first-order valence-corrected chi connectivity index (χ1v) is 10.7. The Morgan fingerprint density at radius 3 is 2.50 bits per heavy atom. The third-order valence-electron chi connectivity index (χ3n) is 6.65. The average Bonchev–Trinajstić information content (AvgIpc) is 3.18. The molecule has 1 aliphatic rings. The van der Waals surface area contributed by atoms with Gasteiger partial charge in [0.1, 0.15) is 0 Å². The normalized spacial score (nSPS) is 21.3. The van der Waals surface area contributed by atoms with Gasteiger partial charge in [-0.3, -0.25) is 4.98 Å². The largest absolute Gasteiger partial charge is 0.429 e. The molecule has 0 saturated heterocycles. The maximum Gasteiger partial charge on any atom is 0.0540 e. The number of nitrogens with zero attached hydrogens (tertiary/aromatic N) is 2. The maximum atomic E-state index is 4.46.